The summed E-state index contributed by atoms with van der Waals surface area (Å²) in [5.41, 5.74) is 0. The van der Waals surface area contributed by atoms with Gasteiger partial charge in [0.2, 0.25) is 5.91 Å². The first-order valence-electron chi connectivity index (χ1n) is 8.08. The van der Waals surface area contributed by atoms with E-state index in [0.29, 0.717) is 6.04 Å². The van der Waals surface area contributed by atoms with Crippen LogP contribution >= 0.6 is 0 Å². The van der Waals surface area contributed by atoms with Crippen molar-refractivity contribution in [3.8, 4) is 0 Å². The van der Waals surface area contributed by atoms with Gasteiger partial charge >= 0.3 is 0 Å². The Morgan fingerprint density at radius 3 is 2.60 bits per heavy atom. The van der Waals surface area contributed by atoms with Crippen LogP contribution in [0.4, 0.5) is 0 Å². The van der Waals surface area contributed by atoms with Crippen LogP contribution in [0.25, 0.3) is 0 Å². The third-order valence-corrected chi connectivity index (χ3v) is 4.57. The first-order chi connectivity index (χ1) is 9.74. The molecule has 2 rings (SSSR count). The lowest BCUT2D eigenvalue weighted by molar-refractivity contribution is -0.137. The second-order valence-corrected chi connectivity index (χ2v) is 5.76. The molecular formula is C15H29N3O2. The van der Waals surface area contributed by atoms with Gasteiger partial charge in [0.05, 0.1) is 6.10 Å². The molecule has 1 amide bonds. The number of rotatable bonds is 6. The standard InChI is InChI=1S/C15H29N3O2/c1-3-17(4-2)13-7-10-18(11-13)15(19)12-20-14-5-8-16-9-6-14/h13-14,16H,3-12H2,1-2H3. The first kappa shape index (κ1) is 15.7. The van der Waals surface area contributed by atoms with Crippen LogP contribution in [0.1, 0.15) is 33.1 Å². The van der Waals surface area contributed by atoms with E-state index < -0.39 is 0 Å². The second-order valence-electron chi connectivity index (χ2n) is 5.76. The van der Waals surface area contributed by atoms with Crippen LogP contribution in [0.5, 0.6) is 0 Å². The maximum absolute atomic E-state index is 12.2. The predicted molar refractivity (Wildman–Crippen MR) is 79.7 cm³/mol. The predicted octanol–water partition coefficient (Wildman–Crippen LogP) is 0.698. The molecule has 2 fully saturated rings. The molecule has 0 aromatic heterocycles. The molecule has 2 aliphatic rings. The van der Waals surface area contributed by atoms with Gasteiger partial charge in [-0.25, -0.2) is 0 Å². The highest BCUT2D eigenvalue weighted by Gasteiger charge is 2.29. The Balaban J connectivity index is 1.70. The van der Waals surface area contributed by atoms with E-state index in [1.165, 1.54) is 0 Å². The summed E-state index contributed by atoms with van der Waals surface area (Å²) in [5.74, 6) is 0.165. The van der Waals surface area contributed by atoms with Gasteiger partial charge in [-0.3, -0.25) is 9.69 Å². The number of hydrogen-bond acceptors (Lipinski definition) is 4. The number of piperidine rings is 1. The lowest BCUT2D eigenvalue weighted by Gasteiger charge is -2.27. The highest BCUT2D eigenvalue weighted by Crippen LogP contribution is 2.16. The number of ether oxygens (including phenoxy) is 1. The Morgan fingerprint density at radius 2 is 1.95 bits per heavy atom. The fourth-order valence-corrected chi connectivity index (χ4v) is 3.25. The molecular weight excluding hydrogens is 254 g/mol. The number of hydrogen-bond donors (Lipinski definition) is 1. The molecule has 1 unspecified atom stereocenters. The van der Waals surface area contributed by atoms with E-state index >= 15 is 0 Å². The summed E-state index contributed by atoms with van der Waals surface area (Å²) < 4.78 is 5.76. The van der Waals surface area contributed by atoms with Gasteiger partial charge in [-0.2, -0.15) is 0 Å². The molecule has 0 radical (unpaired) electrons. The summed E-state index contributed by atoms with van der Waals surface area (Å²) in [4.78, 5) is 16.6. The van der Waals surface area contributed by atoms with Crippen molar-refractivity contribution in [1.82, 2.24) is 15.1 Å². The highest BCUT2D eigenvalue weighted by atomic mass is 16.5. The zero-order valence-corrected chi connectivity index (χ0v) is 12.9. The largest absolute Gasteiger partial charge is 0.368 e. The minimum absolute atomic E-state index is 0.165. The Morgan fingerprint density at radius 1 is 1.25 bits per heavy atom. The minimum atomic E-state index is 0.165. The minimum Gasteiger partial charge on any atom is -0.368 e. The smallest absolute Gasteiger partial charge is 0.248 e. The number of likely N-dealkylation sites (tertiary alicyclic amines) is 1. The van der Waals surface area contributed by atoms with E-state index in [1.807, 2.05) is 4.90 Å². The van der Waals surface area contributed by atoms with E-state index in [-0.39, 0.29) is 18.6 Å². The average Bonchev–Trinajstić information content (AvgIpc) is 2.97. The molecule has 0 saturated carbocycles. The molecule has 1 N–H and O–H groups in total. The van der Waals surface area contributed by atoms with E-state index in [4.69, 9.17) is 4.74 Å². The van der Waals surface area contributed by atoms with Gasteiger partial charge in [0.1, 0.15) is 6.61 Å². The number of nitrogens with zero attached hydrogens (tertiary/aromatic N) is 2. The van der Waals surface area contributed by atoms with Gasteiger partial charge in [0.25, 0.3) is 0 Å². The third-order valence-electron chi connectivity index (χ3n) is 4.57. The normalized spacial score (nSPS) is 24.6. The van der Waals surface area contributed by atoms with Gasteiger partial charge < -0.3 is 15.0 Å². The zero-order chi connectivity index (χ0) is 14.4. The van der Waals surface area contributed by atoms with Crippen molar-refractivity contribution in [1.29, 1.82) is 0 Å². The Kier molecular flexibility index (Phi) is 6.26. The summed E-state index contributed by atoms with van der Waals surface area (Å²) >= 11 is 0. The van der Waals surface area contributed by atoms with Gasteiger partial charge in [0, 0.05) is 19.1 Å². The van der Waals surface area contributed by atoms with E-state index in [2.05, 4.69) is 24.1 Å². The lowest BCUT2D eigenvalue weighted by atomic mass is 10.1. The Bertz CT molecular complexity index is 301. The van der Waals surface area contributed by atoms with E-state index in [0.717, 1.165) is 58.5 Å². The number of amides is 1. The highest BCUT2D eigenvalue weighted by molar-refractivity contribution is 5.77. The van der Waals surface area contributed by atoms with Crippen LogP contribution in [0.15, 0.2) is 0 Å². The number of carbonyl (C=O) groups excluding carboxylic acids is 1. The lowest BCUT2D eigenvalue weighted by Crippen LogP contribution is -2.40. The van der Waals surface area contributed by atoms with Gasteiger partial charge in [0.15, 0.2) is 0 Å². The van der Waals surface area contributed by atoms with Crippen LogP contribution in [0.3, 0.4) is 0 Å². The summed E-state index contributed by atoms with van der Waals surface area (Å²) in [5, 5.41) is 3.31. The maximum Gasteiger partial charge on any atom is 0.248 e. The average molecular weight is 283 g/mol. The van der Waals surface area contributed by atoms with E-state index in [1.54, 1.807) is 0 Å². The molecule has 0 bridgehead atoms. The van der Waals surface area contributed by atoms with Crippen LogP contribution in [-0.4, -0.2) is 73.7 Å². The van der Waals surface area contributed by atoms with Crippen molar-refractivity contribution < 1.29 is 9.53 Å². The van der Waals surface area contributed by atoms with Crippen molar-refractivity contribution in [2.45, 2.75) is 45.3 Å². The molecule has 20 heavy (non-hydrogen) atoms. The van der Waals surface area contributed by atoms with Crippen molar-refractivity contribution in [3.63, 3.8) is 0 Å². The molecule has 0 aromatic rings. The summed E-state index contributed by atoms with van der Waals surface area (Å²) in [6.45, 7) is 10.5. The molecule has 5 heteroatoms. The monoisotopic (exact) mass is 283 g/mol. The molecule has 2 heterocycles. The molecule has 0 spiro atoms. The molecule has 0 aromatic carbocycles. The summed E-state index contributed by atoms with van der Waals surface area (Å²) in [7, 11) is 0. The Labute approximate surface area is 122 Å². The molecule has 116 valence electrons. The van der Waals surface area contributed by atoms with Crippen LogP contribution in [-0.2, 0) is 9.53 Å². The summed E-state index contributed by atoms with van der Waals surface area (Å²) in [6, 6.07) is 0.535. The number of carbonyl (C=O) groups is 1. The maximum atomic E-state index is 12.2. The van der Waals surface area contributed by atoms with Crippen LogP contribution in [0.2, 0.25) is 0 Å². The summed E-state index contributed by atoms with van der Waals surface area (Å²) in [6.07, 6.45) is 3.41. The zero-order valence-electron chi connectivity index (χ0n) is 12.9. The number of nitrogens with one attached hydrogen (secondary N) is 1. The van der Waals surface area contributed by atoms with Gasteiger partial charge in [-0.05, 0) is 45.4 Å². The van der Waals surface area contributed by atoms with Crippen molar-refractivity contribution >= 4 is 5.91 Å². The fourth-order valence-electron chi connectivity index (χ4n) is 3.25. The molecule has 5 nitrogen and oxygen atoms in total. The van der Waals surface area contributed by atoms with Gasteiger partial charge in [-0.15, -0.1) is 0 Å². The fraction of sp³-hybridized carbons (Fsp3) is 0.933. The second kappa shape index (κ2) is 7.96. The third kappa shape index (κ3) is 4.17. The topological polar surface area (TPSA) is 44.8 Å². The van der Waals surface area contributed by atoms with Gasteiger partial charge in [-0.1, -0.05) is 13.8 Å². The molecule has 2 aliphatic heterocycles. The number of likely N-dealkylation sites (N-methyl/N-ethyl adjacent to an activating group) is 1. The SMILES string of the molecule is CCN(CC)C1CCN(C(=O)COC2CCNCC2)C1. The quantitative estimate of drug-likeness (QED) is 0.779. The molecule has 1 atom stereocenters. The van der Waals surface area contributed by atoms with E-state index in [9.17, 15) is 4.79 Å². The molecule has 2 saturated heterocycles. The van der Waals surface area contributed by atoms with Crippen molar-refractivity contribution in [2.75, 3.05) is 45.9 Å². The van der Waals surface area contributed by atoms with Crippen LogP contribution in [0, 0.1) is 0 Å². The first-order valence-corrected chi connectivity index (χ1v) is 8.08. The Hall–Kier alpha value is -0.650. The van der Waals surface area contributed by atoms with Crippen LogP contribution < -0.4 is 5.32 Å². The molecule has 0 aliphatic carbocycles. The van der Waals surface area contributed by atoms with Crippen molar-refractivity contribution in [3.05, 3.63) is 0 Å². The van der Waals surface area contributed by atoms with Crippen molar-refractivity contribution in [2.24, 2.45) is 0 Å².